The Balaban J connectivity index is 2.02. The molecule has 1 aliphatic rings. The molecule has 1 aromatic heterocycles. The second-order valence-electron chi connectivity index (χ2n) is 3.48. The van der Waals surface area contributed by atoms with Crippen LogP contribution in [-0.4, -0.2) is 27.9 Å². The van der Waals surface area contributed by atoms with Crippen LogP contribution in [0.3, 0.4) is 0 Å². The van der Waals surface area contributed by atoms with Crippen LogP contribution in [0, 0.1) is 6.92 Å². The van der Waals surface area contributed by atoms with Crippen LogP contribution in [0.2, 0.25) is 0 Å². The van der Waals surface area contributed by atoms with E-state index >= 15 is 0 Å². The first-order valence-corrected chi connectivity index (χ1v) is 5.07. The summed E-state index contributed by atoms with van der Waals surface area (Å²) in [5, 5.41) is 3.95. The fourth-order valence-electron chi connectivity index (χ4n) is 1.64. The highest BCUT2D eigenvalue weighted by molar-refractivity contribution is 7.13. The van der Waals surface area contributed by atoms with Gasteiger partial charge in [0, 0.05) is 25.9 Å². The molecule has 0 N–H and O–H groups in total. The van der Waals surface area contributed by atoms with Crippen molar-refractivity contribution in [2.75, 3.05) is 13.1 Å². The predicted octanol–water partition coefficient (Wildman–Crippen LogP) is 1.35. The van der Waals surface area contributed by atoms with Gasteiger partial charge in [0.05, 0.1) is 0 Å². The largest absolute Gasteiger partial charge is 0.340 e. The van der Waals surface area contributed by atoms with Gasteiger partial charge in [0.1, 0.15) is 0 Å². The fourth-order valence-corrected chi connectivity index (χ4v) is 1.94. The highest BCUT2D eigenvalue weighted by Gasteiger charge is 2.22. The summed E-state index contributed by atoms with van der Waals surface area (Å²) in [4.78, 5) is 4.26. The van der Waals surface area contributed by atoms with Crippen molar-refractivity contribution in [2.24, 2.45) is 0 Å². The maximum Gasteiger partial charge on any atom is 0.223 e. The summed E-state index contributed by atoms with van der Waals surface area (Å²) >= 11 is 0. The lowest BCUT2D eigenvalue weighted by Gasteiger charge is -2.26. The zero-order valence-corrected chi connectivity index (χ0v) is 8.89. The van der Waals surface area contributed by atoms with Gasteiger partial charge in [-0.1, -0.05) is 14.5 Å². The standard InChI is InChI=1S/C8H14N3OP/c1-6-9-8(10-12-6)7-2-4-11(13)5-3-7/h7H,2-5,13H2,1H3. The molecule has 5 heteroatoms. The van der Waals surface area contributed by atoms with Crippen molar-refractivity contribution in [1.29, 1.82) is 0 Å². The number of hydrogen-bond acceptors (Lipinski definition) is 4. The number of piperidine rings is 1. The molecule has 72 valence electrons. The zero-order valence-electron chi connectivity index (χ0n) is 7.73. The van der Waals surface area contributed by atoms with E-state index in [1.54, 1.807) is 0 Å². The van der Waals surface area contributed by atoms with Gasteiger partial charge in [0.2, 0.25) is 5.89 Å². The zero-order chi connectivity index (χ0) is 9.26. The van der Waals surface area contributed by atoms with Gasteiger partial charge in [0.25, 0.3) is 0 Å². The van der Waals surface area contributed by atoms with Crippen molar-refractivity contribution in [3.8, 4) is 0 Å². The number of aryl methyl sites for hydroxylation is 1. The number of hydrogen-bond donors (Lipinski definition) is 0. The highest BCUT2D eigenvalue weighted by Crippen LogP contribution is 2.26. The van der Waals surface area contributed by atoms with Crippen LogP contribution in [0.25, 0.3) is 0 Å². The third kappa shape index (κ3) is 2.06. The van der Waals surface area contributed by atoms with E-state index in [9.17, 15) is 0 Å². The average molecular weight is 199 g/mol. The Morgan fingerprint density at radius 1 is 1.46 bits per heavy atom. The molecule has 1 saturated heterocycles. The molecule has 1 aliphatic heterocycles. The third-order valence-corrected chi connectivity index (χ3v) is 2.95. The van der Waals surface area contributed by atoms with Gasteiger partial charge >= 0.3 is 0 Å². The lowest BCUT2D eigenvalue weighted by atomic mass is 9.98. The molecular weight excluding hydrogens is 185 g/mol. The predicted molar refractivity (Wildman–Crippen MR) is 52.3 cm³/mol. The van der Waals surface area contributed by atoms with Crippen LogP contribution in [0.5, 0.6) is 0 Å². The SMILES string of the molecule is Cc1nc(C2CCN(P)CC2)no1. The lowest BCUT2D eigenvalue weighted by Crippen LogP contribution is -2.25. The molecule has 0 radical (unpaired) electrons. The van der Waals surface area contributed by atoms with Crippen molar-refractivity contribution in [1.82, 2.24) is 14.8 Å². The Morgan fingerprint density at radius 3 is 2.69 bits per heavy atom. The van der Waals surface area contributed by atoms with Crippen LogP contribution in [0.1, 0.15) is 30.5 Å². The van der Waals surface area contributed by atoms with E-state index in [1.165, 1.54) is 0 Å². The quantitative estimate of drug-likeness (QED) is 0.640. The van der Waals surface area contributed by atoms with E-state index in [1.807, 2.05) is 6.92 Å². The summed E-state index contributed by atoms with van der Waals surface area (Å²) in [6, 6.07) is 0. The maximum absolute atomic E-state index is 4.96. The molecule has 1 atom stereocenters. The molecule has 0 spiro atoms. The Bertz CT molecular complexity index is 281. The van der Waals surface area contributed by atoms with Crippen molar-refractivity contribution >= 4 is 9.39 Å². The molecule has 13 heavy (non-hydrogen) atoms. The van der Waals surface area contributed by atoms with E-state index in [4.69, 9.17) is 4.52 Å². The first-order chi connectivity index (χ1) is 6.25. The minimum absolute atomic E-state index is 0.495. The van der Waals surface area contributed by atoms with Gasteiger partial charge in [-0.05, 0) is 12.8 Å². The van der Waals surface area contributed by atoms with Gasteiger partial charge in [-0.3, -0.25) is 4.67 Å². The molecule has 4 nitrogen and oxygen atoms in total. The minimum Gasteiger partial charge on any atom is -0.340 e. The van der Waals surface area contributed by atoms with Crippen molar-refractivity contribution in [3.63, 3.8) is 0 Å². The summed E-state index contributed by atoms with van der Waals surface area (Å²) in [7, 11) is 2.73. The van der Waals surface area contributed by atoms with Crippen LogP contribution in [0.4, 0.5) is 0 Å². The van der Waals surface area contributed by atoms with E-state index in [-0.39, 0.29) is 0 Å². The molecule has 0 bridgehead atoms. The highest BCUT2D eigenvalue weighted by atomic mass is 31.0. The number of aromatic nitrogens is 2. The number of nitrogens with zero attached hydrogens (tertiary/aromatic N) is 3. The molecule has 0 aromatic carbocycles. The molecule has 1 aromatic rings. The van der Waals surface area contributed by atoms with E-state index in [0.717, 1.165) is 31.8 Å². The Morgan fingerprint density at radius 2 is 2.15 bits per heavy atom. The molecule has 2 heterocycles. The Hall–Kier alpha value is -0.470. The fraction of sp³-hybridized carbons (Fsp3) is 0.750. The molecule has 0 aliphatic carbocycles. The first-order valence-electron chi connectivity index (χ1n) is 4.55. The summed E-state index contributed by atoms with van der Waals surface area (Å²) in [6.07, 6.45) is 2.25. The molecule has 1 fully saturated rings. The van der Waals surface area contributed by atoms with Crippen molar-refractivity contribution in [3.05, 3.63) is 11.7 Å². The second-order valence-corrected chi connectivity index (χ2v) is 4.21. The summed E-state index contributed by atoms with van der Waals surface area (Å²) in [5.74, 6) is 2.05. The maximum atomic E-state index is 4.96. The van der Waals surface area contributed by atoms with Crippen LogP contribution in [0.15, 0.2) is 4.52 Å². The average Bonchev–Trinajstić information content (AvgIpc) is 2.53. The topological polar surface area (TPSA) is 42.2 Å². The minimum atomic E-state index is 0.495. The van der Waals surface area contributed by atoms with E-state index in [2.05, 4.69) is 24.2 Å². The summed E-state index contributed by atoms with van der Waals surface area (Å²) < 4.78 is 7.22. The molecule has 1 unspecified atom stereocenters. The van der Waals surface area contributed by atoms with Gasteiger partial charge in [-0.2, -0.15) is 4.98 Å². The first kappa shape index (κ1) is 9.10. The smallest absolute Gasteiger partial charge is 0.223 e. The van der Waals surface area contributed by atoms with Crippen LogP contribution in [-0.2, 0) is 0 Å². The van der Waals surface area contributed by atoms with Gasteiger partial charge < -0.3 is 4.52 Å². The van der Waals surface area contributed by atoms with Crippen LogP contribution < -0.4 is 0 Å². The summed E-state index contributed by atoms with van der Waals surface area (Å²) in [5.41, 5.74) is 0. The van der Waals surface area contributed by atoms with Gasteiger partial charge in [0.15, 0.2) is 5.82 Å². The Labute approximate surface area is 79.9 Å². The van der Waals surface area contributed by atoms with Gasteiger partial charge in [-0.15, -0.1) is 0 Å². The molecular formula is C8H14N3OP. The van der Waals surface area contributed by atoms with Crippen LogP contribution >= 0.6 is 9.39 Å². The van der Waals surface area contributed by atoms with E-state index in [0.29, 0.717) is 11.8 Å². The second kappa shape index (κ2) is 3.72. The summed E-state index contributed by atoms with van der Waals surface area (Å²) in [6.45, 7) is 4.03. The Kier molecular flexibility index (Phi) is 2.61. The lowest BCUT2D eigenvalue weighted by molar-refractivity contribution is 0.324. The number of rotatable bonds is 1. The monoisotopic (exact) mass is 199 g/mol. The van der Waals surface area contributed by atoms with E-state index < -0.39 is 0 Å². The normalized spacial score (nSPS) is 20.8. The van der Waals surface area contributed by atoms with Crippen molar-refractivity contribution in [2.45, 2.75) is 25.7 Å². The molecule has 2 rings (SSSR count). The van der Waals surface area contributed by atoms with Crippen molar-refractivity contribution < 1.29 is 4.52 Å². The molecule has 0 saturated carbocycles. The van der Waals surface area contributed by atoms with Gasteiger partial charge in [-0.25, -0.2) is 0 Å². The molecule has 0 amide bonds. The third-order valence-electron chi connectivity index (χ3n) is 2.44.